The first-order valence-electron chi connectivity index (χ1n) is 13.0. The third-order valence-corrected chi connectivity index (χ3v) is 5.98. The fraction of sp³-hybridized carbons (Fsp3) is 0.714. The van der Waals surface area contributed by atoms with Crippen molar-refractivity contribution in [1.82, 2.24) is 0 Å². The van der Waals surface area contributed by atoms with Crippen LogP contribution in [0.5, 0.6) is 5.75 Å². The van der Waals surface area contributed by atoms with Gasteiger partial charge >= 0.3 is 11.9 Å². The molecule has 0 spiro atoms. The standard InChI is InChI=1S/C28H46O4/c1-4-5-6-7-8-9-10-11-12-13-14-15-16-22-31-27(29)18-17-19-28(30)32-26-21-20-24(2)25(3)23-26/h20-21,23H,4-19,22H2,1-3H3. The maximum Gasteiger partial charge on any atom is 0.311 e. The van der Waals surface area contributed by atoms with Gasteiger partial charge in [0.1, 0.15) is 5.75 Å². The van der Waals surface area contributed by atoms with Crippen LogP contribution in [0.1, 0.15) is 121 Å². The second-order valence-electron chi connectivity index (χ2n) is 9.04. The molecule has 0 aromatic heterocycles. The van der Waals surface area contributed by atoms with E-state index in [1.54, 1.807) is 6.07 Å². The second kappa shape index (κ2) is 18.7. The Morgan fingerprint density at radius 2 is 1.19 bits per heavy atom. The van der Waals surface area contributed by atoms with Crippen molar-refractivity contribution in [3.63, 3.8) is 0 Å². The molecule has 0 N–H and O–H groups in total. The zero-order chi connectivity index (χ0) is 23.4. The van der Waals surface area contributed by atoms with Crippen molar-refractivity contribution in [2.45, 2.75) is 124 Å². The number of carbonyl (C=O) groups is 2. The molecule has 0 fully saturated rings. The summed E-state index contributed by atoms with van der Waals surface area (Å²) in [7, 11) is 0. The van der Waals surface area contributed by atoms with Crippen LogP contribution in [-0.2, 0) is 14.3 Å². The Morgan fingerprint density at radius 1 is 0.656 bits per heavy atom. The van der Waals surface area contributed by atoms with Gasteiger partial charge in [-0.15, -0.1) is 0 Å². The molecule has 0 amide bonds. The van der Waals surface area contributed by atoms with Gasteiger partial charge in [-0.05, 0) is 49.9 Å². The number of esters is 2. The zero-order valence-electron chi connectivity index (χ0n) is 20.9. The highest BCUT2D eigenvalue weighted by atomic mass is 16.5. The van der Waals surface area contributed by atoms with Crippen LogP contribution in [0.25, 0.3) is 0 Å². The van der Waals surface area contributed by atoms with E-state index in [9.17, 15) is 9.59 Å². The fourth-order valence-electron chi connectivity index (χ4n) is 3.71. The van der Waals surface area contributed by atoms with Crippen molar-refractivity contribution in [2.24, 2.45) is 0 Å². The normalized spacial score (nSPS) is 10.8. The molecule has 4 heteroatoms. The van der Waals surface area contributed by atoms with Crippen LogP contribution in [-0.4, -0.2) is 18.5 Å². The molecule has 0 unspecified atom stereocenters. The van der Waals surface area contributed by atoms with Crippen LogP contribution in [0, 0.1) is 13.8 Å². The number of aryl methyl sites for hydroxylation is 2. The smallest absolute Gasteiger partial charge is 0.311 e. The summed E-state index contributed by atoms with van der Waals surface area (Å²) in [4.78, 5) is 23.7. The molecular formula is C28H46O4. The first kappa shape index (κ1) is 28.2. The first-order valence-corrected chi connectivity index (χ1v) is 13.0. The monoisotopic (exact) mass is 446 g/mol. The van der Waals surface area contributed by atoms with Crippen LogP contribution in [0.3, 0.4) is 0 Å². The minimum absolute atomic E-state index is 0.220. The van der Waals surface area contributed by atoms with Gasteiger partial charge in [0.15, 0.2) is 0 Å². The Hall–Kier alpha value is -1.84. The Bertz CT molecular complexity index is 638. The minimum Gasteiger partial charge on any atom is -0.466 e. The van der Waals surface area contributed by atoms with E-state index in [1.165, 1.54) is 70.6 Å². The number of ether oxygens (including phenoxy) is 2. The van der Waals surface area contributed by atoms with Gasteiger partial charge < -0.3 is 9.47 Å². The van der Waals surface area contributed by atoms with E-state index in [0.29, 0.717) is 18.8 Å². The predicted molar refractivity (Wildman–Crippen MR) is 132 cm³/mol. The molecule has 0 aliphatic heterocycles. The number of hydrogen-bond donors (Lipinski definition) is 0. The Balaban J connectivity index is 1.89. The van der Waals surface area contributed by atoms with Gasteiger partial charge in [-0.25, -0.2) is 0 Å². The van der Waals surface area contributed by atoms with Crippen molar-refractivity contribution in [3.05, 3.63) is 29.3 Å². The molecule has 0 aliphatic carbocycles. The number of hydrogen-bond acceptors (Lipinski definition) is 4. The quantitative estimate of drug-likeness (QED) is 0.123. The van der Waals surface area contributed by atoms with Crippen LogP contribution < -0.4 is 4.74 Å². The summed E-state index contributed by atoms with van der Waals surface area (Å²) in [6.45, 7) is 6.76. The molecule has 0 heterocycles. The lowest BCUT2D eigenvalue weighted by Crippen LogP contribution is -2.10. The Labute approximate surface area is 196 Å². The lowest BCUT2D eigenvalue weighted by molar-refractivity contribution is -0.144. The Morgan fingerprint density at radius 3 is 1.75 bits per heavy atom. The predicted octanol–water partition coefficient (Wildman–Crippen LogP) is 8.01. The highest BCUT2D eigenvalue weighted by molar-refractivity contribution is 5.74. The summed E-state index contributed by atoms with van der Waals surface area (Å²) in [5.74, 6) is 0.0311. The molecule has 0 radical (unpaired) electrons. The van der Waals surface area contributed by atoms with Gasteiger partial charge in [-0.3, -0.25) is 9.59 Å². The van der Waals surface area contributed by atoms with Crippen LogP contribution in [0.4, 0.5) is 0 Å². The Kier molecular flexibility index (Phi) is 16.5. The molecule has 0 atom stereocenters. The summed E-state index contributed by atoms with van der Waals surface area (Å²) in [6, 6.07) is 5.59. The molecule has 1 aromatic rings. The maximum atomic E-state index is 11.9. The molecular weight excluding hydrogens is 400 g/mol. The van der Waals surface area contributed by atoms with Crippen molar-refractivity contribution in [2.75, 3.05) is 6.61 Å². The van der Waals surface area contributed by atoms with Crippen LogP contribution in [0.2, 0.25) is 0 Å². The fourth-order valence-corrected chi connectivity index (χ4v) is 3.71. The average molecular weight is 447 g/mol. The number of carbonyl (C=O) groups excluding carboxylic acids is 2. The maximum absolute atomic E-state index is 11.9. The van der Waals surface area contributed by atoms with E-state index in [4.69, 9.17) is 9.47 Å². The van der Waals surface area contributed by atoms with Gasteiger partial charge in [0.25, 0.3) is 0 Å². The SMILES string of the molecule is CCCCCCCCCCCCCCCOC(=O)CCCC(=O)Oc1ccc(C)c(C)c1. The zero-order valence-corrected chi connectivity index (χ0v) is 20.9. The molecule has 0 bridgehead atoms. The van der Waals surface area contributed by atoms with Gasteiger partial charge in [0.05, 0.1) is 6.61 Å². The topological polar surface area (TPSA) is 52.6 Å². The largest absolute Gasteiger partial charge is 0.466 e. The van der Waals surface area contributed by atoms with Crippen molar-refractivity contribution in [1.29, 1.82) is 0 Å². The minimum atomic E-state index is -0.308. The second-order valence-corrected chi connectivity index (χ2v) is 9.04. The molecule has 182 valence electrons. The van der Waals surface area contributed by atoms with Gasteiger partial charge in [0, 0.05) is 12.8 Å². The molecule has 0 saturated heterocycles. The third-order valence-electron chi connectivity index (χ3n) is 5.98. The summed E-state index contributed by atoms with van der Waals surface area (Å²) >= 11 is 0. The van der Waals surface area contributed by atoms with Gasteiger partial charge in [-0.2, -0.15) is 0 Å². The van der Waals surface area contributed by atoms with E-state index in [2.05, 4.69) is 6.92 Å². The van der Waals surface area contributed by atoms with Gasteiger partial charge in [-0.1, -0.05) is 90.0 Å². The molecule has 32 heavy (non-hydrogen) atoms. The first-order chi connectivity index (χ1) is 15.5. The number of unbranched alkanes of at least 4 members (excludes halogenated alkanes) is 12. The highest BCUT2D eigenvalue weighted by Gasteiger charge is 2.09. The van der Waals surface area contributed by atoms with E-state index in [0.717, 1.165) is 24.0 Å². The lowest BCUT2D eigenvalue weighted by atomic mass is 10.0. The van der Waals surface area contributed by atoms with Crippen LogP contribution in [0.15, 0.2) is 18.2 Å². The van der Waals surface area contributed by atoms with E-state index in [-0.39, 0.29) is 24.8 Å². The average Bonchev–Trinajstić information content (AvgIpc) is 2.76. The molecule has 1 rings (SSSR count). The summed E-state index contributed by atoms with van der Waals surface area (Å²) in [5.41, 5.74) is 2.25. The molecule has 4 nitrogen and oxygen atoms in total. The van der Waals surface area contributed by atoms with Crippen LogP contribution >= 0.6 is 0 Å². The van der Waals surface area contributed by atoms with Crippen molar-refractivity contribution in [3.8, 4) is 5.75 Å². The summed E-state index contributed by atoms with van der Waals surface area (Å²) < 4.78 is 10.6. The van der Waals surface area contributed by atoms with Crippen molar-refractivity contribution >= 4 is 11.9 Å². The van der Waals surface area contributed by atoms with Crippen molar-refractivity contribution < 1.29 is 19.1 Å². The lowest BCUT2D eigenvalue weighted by Gasteiger charge is -2.07. The molecule has 0 aliphatic rings. The van der Waals surface area contributed by atoms with E-state index < -0.39 is 0 Å². The van der Waals surface area contributed by atoms with Gasteiger partial charge in [0.2, 0.25) is 0 Å². The molecule has 1 aromatic carbocycles. The highest BCUT2D eigenvalue weighted by Crippen LogP contribution is 2.17. The summed E-state index contributed by atoms with van der Waals surface area (Å²) in [5, 5.41) is 0. The number of benzene rings is 1. The van der Waals surface area contributed by atoms with E-state index >= 15 is 0 Å². The summed E-state index contributed by atoms with van der Waals surface area (Å²) in [6.07, 6.45) is 17.9. The van der Waals surface area contributed by atoms with E-state index in [1.807, 2.05) is 26.0 Å². The number of rotatable bonds is 19. The third kappa shape index (κ3) is 15.0. The molecule has 0 saturated carbocycles.